The van der Waals surface area contributed by atoms with Crippen LogP contribution in [0, 0.1) is 24.0 Å². The molecule has 0 spiro atoms. The van der Waals surface area contributed by atoms with E-state index < -0.39 is 10.9 Å². The number of aryl methyl sites for hydroxylation is 1. The van der Waals surface area contributed by atoms with Crippen molar-refractivity contribution in [1.29, 1.82) is 0 Å². The van der Waals surface area contributed by atoms with E-state index in [-0.39, 0.29) is 24.5 Å². The molecule has 120 valence electrons. The van der Waals surface area contributed by atoms with Crippen LogP contribution in [-0.2, 0) is 16.1 Å². The Bertz CT molecular complexity index is 735. The third-order valence-corrected chi connectivity index (χ3v) is 3.26. The van der Waals surface area contributed by atoms with Crippen molar-refractivity contribution in [3.8, 4) is 0 Å². The molecule has 0 amide bonds. The fraction of sp³-hybridized carbons (Fsp3) is 0.250. The van der Waals surface area contributed by atoms with Crippen LogP contribution in [-0.4, -0.2) is 27.3 Å². The third kappa shape index (κ3) is 4.26. The Morgan fingerprint density at radius 1 is 1.35 bits per heavy atom. The van der Waals surface area contributed by atoms with Gasteiger partial charge < -0.3 is 4.74 Å². The van der Waals surface area contributed by atoms with Crippen molar-refractivity contribution in [1.82, 2.24) is 9.78 Å². The van der Waals surface area contributed by atoms with E-state index in [0.29, 0.717) is 5.69 Å². The molecule has 1 aromatic heterocycles. The zero-order chi connectivity index (χ0) is 16.8. The fourth-order valence-corrected chi connectivity index (χ4v) is 2.16. The molecule has 1 heterocycles. The monoisotopic (exact) mass is 315 g/mol. The molecule has 0 unspecified atom stereocenters. The van der Waals surface area contributed by atoms with Crippen LogP contribution in [0.15, 0.2) is 36.4 Å². The summed E-state index contributed by atoms with van der Waals surface area (Å²) >= 11 is 0. The number of ether oxygens (including phenoxy) is 1. The van der Waals surface area contributed by atoms with Gasteiger partial charge in [-0.1, -0.05) is 36.4 Å². The van der Waals surface area contributed by atoms with Gasteiger partial charge in [0.15, 0.2) is 0 Å². The number of benzene rings is 1. The zero-order valence-corrected chi connectivity index (χ0v) is 12.9. The summed E-state index contributed by atoms with van der Waals surface area (Å²) in [7, 11) is 0. The van der Waals surface area contributed by atoms with Crippen molar-refractivity contribution in [2.45, 2.75) is 20.4 Å². The van der Waals surface area contributed by atoms with E-state index in [9.17, 15) is 14.9 Å². The molecule has 0 aliphatic heterocycles. The number of carbonyl (C=O) groups is 1. The highest BCUT2D eigenvalue weighted by molar-refractivity contribution is 5.69. The standard InChI is InChI=1S/C16H17N3O4/c1-12-16(19(21)22)13(2)18(17-12)11-15(20)23-10-6-9-14-7-4-3-5-8-14/h3-9H,10-11H2,1-2H3/b9-6+. The molecule has 0 aliphatic carbocycles. The molecule has 23 heavy (non-hydrogen) atoms. The van der Waals surface area contributed by atoms with E-state index in [1.807, 2.05) is 36.4 Å². The van der Waals surface area contributed by atoms with Crippen LogP contribution in [0.25, 0.3) is 6.08 Å². The summed E-state index contributed by atoms with van der Waals surface area (Å²) < 4.78 is 6.36. The molecule has 0 N–H and O–H groups in total. The van der Waals surface area contributed by atoms with Crippen LogP contribution >= 0.6 is 0 Å². The second-order valence-corrected chi connectivity index (χ2v) is 4.93. The minimum Gasteiger partial charge on any atom is -0.460 e. The van der Waals surface area contributed by atoms with Gasteiger partial charge in [0.1, 0.15) is 24.5 Å². The number of hydrogen-bond donors (Lipinski definition) is 0. The van der Waals surface area contributed by atoms with Gasteiger partial charge in [-0.3, -0.25) is 19.6 Å². The maximum absolute atomic E-state index is 11.8. The minimum absolute atomic E-state index is 0.0678. The molecule has 7 nitrogen and oxygen atoms in total. The molecule has 0 bridgehead atoms. The summed E-state index contributed by atoms with van der Waals surface area (Å²) in [5.41, 5.74) is 1.56. The van der Waals surface area contributed by atoms with E-state index >= 15 is 0 Å². The summed E-state index contributed by atoms with van der Waals surface area (Å²) in [6, 6.07) is 9.63. The predicted octanol–water partition coefficient (Wildman–Crippen LogP) is 2.66. The number of esters is 1. The maximum atomic E-state index is 11.8. The summed E-state index contributed by atoms with van der Waals surface area (Å²) in [4.78, 5) is 22.2. The Labute approximate surface area is 133 Å². The second kappa shape index (κ2) is 7.35. The van der Waals surface area contributed by atoms with Crippen LogP contribution in [0.4, 0.5) is 5.69 Å². The van der Waals surface area contributed by atoms with Gasteiger partial charge >= 0.3 is 11.7 Å². The molecule has 0 saturated carbocycles. The number of nitro groups is 1. The molecular formula is C16H17N3O4. The second-order valence-electron chi connectivity index (χ2n) is 4.93. The van der Waals surface area contributed by atoms with Gasteiger partial charge in [0.2, 0.25) is 0 Å². The Kier molecular flexibility index (Phi) is 5.24. The lowest BCUT2D eigenvalue weighted by Gasteiger charge is -2.03. The van der Waals surface area contributed by atoms with Crippen molar-refractivity contribution < 1.29 is 14.5 Å². The number of nitrogens with zero attached hydrogens (tertiary/aromatic N) is 3. The summed E-state index contributed by atoms with van der Waals surface area (Å²) in [6.45, 7) is 3.07. The van der Waals surface area contributed by atoms with E-state index in [1.54, 1.807) is 13.0 Å². The lowest BCUT2D eigenvalue weighted by molar-refractivity contribution is -0.386. The molecular weight excluding hydrogens is 298 g/mol. The van der Waals surface area contributed by atoms with Gasteiger partial charge in [-0.2, -0.15) is 5.10 Å². The first-order chi connectivity index (χ1) is 11.0. The first-order valence-corrected chi connectivity index (χ1v) is 7.04. The van der Waals surface area contributed by atoms with Crippen molar-refractivity contribution >= 4 is 17.7 Å². The zero-order valence-electron chi connectivity index (χ0n) is 12.9. The SMILES string of the molecule is Cc1nn(CC(=O)OC/C=C/c2ccccc2)c(C)c1[N+](=O)[O-]. The molecule has 0 radical (unpaired) electrons. The van der Waals surface area contributed by atoms with E-state index in [4.69, 9.17) is 4.74 Å². The molecule has 2 aromatic rings. The van der Waals surface area contributed by atoms with Crippen molar-refractivity contribution in [2.75, 3.05) is 6.61 Å². The van der Waals surface area contributed by atoms with E-state index in [1.165, 1.54) is 11.6 Å². The van der Waals surface area contributed by atoms with Crippen LogP contribution in [0.5, 0.6) is 0 Å². The topological polar surface area (TPSA) is 87.3 Å². The molecule has 0 fully saturated rings. The Morgan fingerprint density at radius 3 is 2.65 bits per heavy atom. The van der Waals surface area contributed by atoms with Crippen LogP contribution in [0.2, 0.25) is 0 Å². The van der Waals surface area contributed by atoms with Gasteiger partial charge in [-0.05, 0) is 25.5 Å². The number of hydrogen-bond acceptors (Lipinski definition) is 5. The van der Waals surface area contributed by atoms with Crippen molar-refractivity contribution in [3.05, 3.63) is 63.5 Å². The Balaban J connectivity index is 1.89. The predicted molar refractivity (Wildman–Crippen MR) is 84.8 cm³/mol. The normalized spacial score (nSPS) is 10.9. The molecule has 1 aromatic carbocycles. The number of rotatable bonds is 6. The van der Waals surface area contributed by atoms with Crippen molar-refractivity contribution in [2.24, 2.45) is 0 Å². The maximum Gasteiger partial charge on any atom is 0.328 e. The summed E-state index contributed by atoms with van der Waals surface area (Å²) in [5, 5.41) is 14.9. The highest BCUT2D eigenvalue weighted by Crippen LogP contribution is 2.21. The van der Waals surface area contributed by atoms with Crippen LogP contribution in [0.1, 0.15) is 17.0 Å². The number of carbonyl (C=O) groups excluding carboxylic acids is 1. The fourth-order valence-electron chi connectivity index (χ4n) is 2.16. The minimum atomic E-state index is -0.498. The Hall–Kier alpha value is -2.96. The lowest BCUT2D eigenvalue weighted by Crippen LogP contribution is -2.15. The van der Waals surface area contributed by atoms with E-state index in [0.717, 1.165) is 5.56 Å². The highest BCUT2D eigenvalue weighted by atomic mass is 16.6. The first-order valence-electron chi connectivity index (χ1n) is 7.04. The van der Waals surface area contributed by atoms with Gasteiger partial charge in [0.05, 0.1) is 4.92 Å². The summed E-state index contributed by atoms with van der Waals surface area (Å²) in [6.07, 6.45) is 3.58. The van der Waals surface area contributed by atoms with E-state index in [2.05, 4.69) is 5.10 Å². The molecule has 0 saturated heterocycles. The average Bonchev–Trinajstić information content (AvgIpc) is 2.79. The molecule has 0 atom stereocenters. The van der Waals surface area contributed by atoms with Gasteiger partial charge in [0.25, 0.3) is 0 Å². The molecule has 0 aliphatic rings. The van der Waals surface area contributed by atoms with Gasteiger partial charge in [-0.15, -0.1) is 0 Å². The van der Waals surface area contributed by atoms with Gasteiger partial charge in [-0.25, -0.2) is 0 Å². The number of aromatic nitrogens is 2. The summed E-state index contributed by atoms with van der Waals surface area (Å²) in [5.74, 6) is -0.497. The first kappa shape index (κ1) is 16.4. The molecule has 2 rings (SSSR count). The quantitative estimate of drug-likeness (QED) is 0.464. The van der Waals surface area contributed by atoms with Gasteiger partial charge in [0, 0.05) is 0 Å². The largest absolute Gasteiger partial charge is 0.460 e. The van der Waals surface area contributed by atoms with Crippen LogP contribution in [0.3, 0.4) is 0 Å². The highest BCUT2D eigenvalue weighted by Gasteiger charge is 2.22. The van der Waals surface area contributed by atoms with Crippen molar-refractivity contribution in [3.63, 3.8) is 0 Å². The lowest BCUT2D eigenvalue weighted by atomic mass is 10.2. The third-order valence-electron chi connectivity index (χ3n) is 3.26. The molecule has 7 heteroatoms. The smallest absolute Gasteiger partial charge is 0.328 e. The average molecular weight is 315 g/mol. The Morgan fingerprint density at radius 2 is 2.04 bits per heavy atom. The van der Waals surface area contributed by atoms with Crippen LogP contribution < -0.4 is 0 Å².